The van der Waals surface area contributed by atoms with E-state index in [0.717, 1.165) is 17.1 Å². The normalized spacial score (nSPS) is 10.9. The molecule has 0 saturated heterocycles. The lowest BCUT2D eigenvalue weighted by Crippen LogP contribution is -2.09. The van der Waals surface area contributed by atoms with Gasteiger partial charge in [-0.05, 0) is 77.7 Å². The van der Waals surface area contributed by atoms with E-state index in [2.05, 4.69) is 132 Å². The fourth-order valence-electron chi connectivity index (χ4n) is 4.02. The Morgan fingerprint density at radius 2 is 0.882 bits per heavy atom. The molecule has 34 heavy (non-hydrogen) atoms. The molecule has 0 spiro atoms. The number of rotatable bonds is 6. The minimum Gasteiger partial charge on any atom is -0.311 e. The summed E-state index contributed by atoms with van der Waals surface area (Å²) >= 11 is 5.52. The number of nitrogens with zero attached hydrogens (tertiary/aromatic N) is 1. The maximum Gasteiger partial charge on any atom is 0.0462 e. The van der Waals surface area contributed by atoms with Crippen molar-refractivity contribution in [2.45, 2.75) is 0 Å². The largest absolute Gasteiger partial charge is 0.311 e. The first kappa shape index (κ1) is 21.1. The highest BCUT2D eigenvalue weighted by Gasteiger charge is 2.13. The molecule has 3 aromatic heterocycles. The second kappa shape index (κ2) is 9.43. The van der Waals surface area contributed by atoms with Crippen LogP contribution in [0.2, 0.25) is 0 Å². The Balaban J connectivity index is 1.29. The van der Waals surface area contributed by atoms with Gasteiger partial charge in [-0.3, -0.25) is 0 Å². The van der Waals surface area contributed by atoms with Crippen molar-refractivity contribution in [2.75, 3.05) is 4.90 Å². The van der Waals surface area contributed by atoms with E-state index < -0.39 is 0 Å². The van der Waals surface area contributed by atoms with Crippen molar-refractivity contribution < 1.29 is 0 Å². The average Bonchev–Trinajstić information content (AvgIpc) is 3.68. The molecule has 0 atom stereocenters. The number of para-hydroxylation sites is 2. The van der Waals surface area contributed by atoms with Crippen molar-refractivity contribution in [3.63, 3.8) is 0 Å². The summed E-state index contributed by atoms with van der Waals surface area (Å²) in [5.41, 5.74) is 4.70. The molecule has 0 amide bonds. The molecule has 164 valence electrons. The smallest absolute Gasteiger partial charge is 0.0462 e. The van der Waals surface area contributed by atoms with E-state index in [1.807, 2.05) is 22.7 Å². The first-order valence-electron chi connectivity index (χ1n) is 11.1. The zero-order valence-electron chi connectivity index (χ0n) is 18.3. The quantitative estimate of drug-likeness (QED) is 0.224. The average molecular weight is 492 g/mol. The molecule has 1 nitrogen and oxygen atoms in total. The summed E-state index contributed by atoms with van der Waals surface area (Å²) < 4.78 is 0. The van der Waals surface area contributed by atoms with Crippen molar-refractivity contribution in [1.82, 2.24) is 0 Å². The Morgan fingerprint density at radius 3 is 1.44 bits per heavy atom. The lowest BCUT2D eigenvalue weighted by atomic mass is 10.1. The van der Waals surface area contributed by atoms with Gasteiger partial charge in [0.25, 0.3) is 0 Å². The van der Waals surface area contributed by atoms with Crippen molar-refractivity contribution in [2.24, 2.45) is 0 Å². The molecule has 0 radical (unpaired) electrons. The van der Waals surface area contributed by atoms with Crippen LogP contribution >= 0.6 is 34.0 Å². The molecular formula is C30H21NS3. The fourth-order valence-corrected chi connectivity index (χ4v) is 6.97. The van der Waals surface area contributed by atoms with Gasteiger partial charge in [-0.1, -0.05) is 54.6 Å². The van der Waals surface area contributed by atoms with Crippen LogP contribution in [-0.2, 0) is 0 Å². The third-order valence-corrected chi connectivity index (χ3v) is 9.14. The van der Waals surface area contributed by atoms with Crippen molar-refractivity contribution >= 4 is 51.1 Å². The predicted octanol–water partition coefficient (Wildman–Crippen LogP) is 10.3. The van der Waals surface area contributed by atoms with Crippen molar-refractivity contribution in [3.8, 4) is 29.9 Å². The zero-order chi connectivity index (χ0) is 22.7. The van der Waals surface area contributed by atoms with E-state index in [1.165, 1.54) is 29.9 Å². The molecule has 3 aromatic carbocycles. The van der Waals surface area contributed by atoms with Crippen LogP contribution < -0.4 is 4.90 Å². The highest BCUT2D eigenvalue weighted by molar-refractivity contribution is 7.27. The molecule has 0 saturated carbocycles. The summed E-state index contributed by atoms with van der Waals surface area (Å²) in [6.07, 6.45) is 0. The summed E-state index contributed by atoms with van der Waals surface area (Å²) in [5.74, 6) is 0. The molecule has 0 aliphatic rings. The fraction of sp³-hybridized carbons (Fsp3) is 0. The van der Waals surface area contributed by atoms with Crippen LogP contribution in [0, 0.1) is 0 Å². The van der Waals surface area contributed by atoms with E-state index in [4.69, 9.17) is 0 Å². The minimum absolute atomic E-state index is 1.15. The van der Waals surface area contributed by atoms with Gasteiger partial charge in [0.2, 0.25) is 0 Å². The van der Waals surface area contributed by atoms with Gasteiger partial charge in [0, 0.05) is 41.4 Å². The lowest BCUT2D eigenvalue weighted by Gasteiger charge is -2.25. The highest BCUT2D eigenvalue weighted by atomic mass is 32.1. The zero-order valence-corrected chi connectivity index (χ0v) is 20.7. The van der Waals surface area contributed by atoms with Gasteiger partial charge in [-0.2, -0.15) is 0 Å². The molecule has 3 heterocycles. The molecule has 6 aromatic rings. The number of anilines is 3. The summed E-state index contributed by atoms with van der Waals surface area (Å²) in [5, 5.41) is 2.14. The third-order valence-electron chi connectivity index (χ3n) is 5.66. The van der Waals surface area contributed by atoms with Gasteiger partial charge in [0.05, 0.1) is 0 Å². The summed E-state index contributed by atoms with van der Waals surface area (Å²) in [6, 6.07) is 43.2. The minimum atomic E-state index is 1.15. The Labute approximate surface area is 211 Å². The lowest BCUT2D eigenvalue weighted by molar-refractivity contribution is 1.28. The maximum absolute atomic E-state index is 2.29. The van der Waals surface area contributed by atoms with E-state index in [9.17, 15) is 0 Å². The summed E-state index contributed by atoms with van der Waals surface area (Å²) in [7, 11) is 0. The van der Waals surface area contributed by atoms with E-state index in [1.54, 1.807) is 11.3 Å². The topological polar surface area (TPSA) is 3.24 Å². The van der Waals surface area contributed by atoms with Crippen LogP contribution in [0.15, 0.2) is 127 Å². The maximum atomic E-state index is 2.29. The monoisotopic (exact) mass is 491 g/mol. The Bertz CT molecular complexity index is 1440. The van der Waals surface area contributed by atoms with Crippen LogP contribution in [0.3, 0.4) is 0 Å². The van der Waals surface area contributed by atoms with E-state index in [0.29, 0.717) is 0 Å². The van der Waals surface area contributed by atoms with Crippen LogP contribution in [-0.4, -0.2) is 0 Å². The summed E-state index contributed by atoms with van der Waals surface area (Å²) in [6.45, 7) is 0. The van der Waals surface area contributed by atoms with E-state index in [-0.39, 0.29) is 0 Å². The molecule has 0 N–H and O–H groups in total. The van der Waals surface area contributed by atoms with Gasteiger partial charge >= 0.3 is 0 Å². The molecular weight excluding hydrogens is 471 g/mol. The second-order valence-electron chi connectivity index (χ2n) is 7.86. The Kier molecular flexibility index (Phi) is 5.86. The number of thiophene rings is 3. The van der Waals surface area contributed by atoms with Gasteiger partial charge in [0.1, 0.15) is 0 Å². The molecule has 0 aliphatic carbocycles. The summed E-state index contributed by atoms with van der Waals surface area (Å²) in [4.78, 5) is 8.91. The van der Waals surface area contributed by atoms with Gasteiger partial charge in [0.15, 0.2) is 0 Å². The number of hydrogen-bond donors (Lipinski definition) is 0. The highest BCUT2D eigenvalue weighted by Crippen LogP contribution is 2.42. The van der Waals surface area contributed by atoms with Gasteiger partial charge < -0.3 is 4.90 Å². The Morgan fingerprint density at radius 1 is 0.382 bits per heavy atom. The Hall–Kier alpha value is -3.44. The first-order valence-corrected chi connectivity index (χ1v) is 13.6. The van der Waals surface area contributed by atoms with Crippen LogP contribution in [0.1, 0.15) is 0 Å². The number of hydrogen-bond acceptors (Lipinski definition) is 4. The SMILES string of the molecule is c1ccc(N(c2ccccc2)c2ccc(-c3ccc(-c4ccc(-c5cccs5)s4)s3)cc2)cc1. The molecule has 0 bridgehead atoms. The molecule has 0 unspecified atom stereocenters. The number of benzene rings is 3. The van der Waals surface area contributed by atoms with Gasteiger partial charge in [-0.25, -0.2) is 0 Å². The molecule has 4 heteroatoms. The van der Waals surface area contributed by atoms with Crippen molar-refractivity contribution in [3.05, 3.63) is 127 Å². The van der Waals surface area contributed by atoms with Crippen molar-refractivity contribution in [1.29, 1.82) is 0 Å². The van der Waals surface area contributed by atoms with Gasteiger partial charge in [-0.15, -0.1) is 34.0 Å². The molecule has 0 fully saturated rings. The molecule has 6 rings (SSSR count). The van der Waals surface area contributed by atoms with Crippen LogP contribution in [0.5, 0.6) is 0 Å². The van der Waals surface area contributed by atoms with E-state index >= 15 is 0 Å². The molecule has 0 aliphatic heterocycles. The van der Waals surface area contributed by atoms with Crippen LogP contribution in [0.25, 0.3) is 29.9 Å². The third kappa shape index (κ3) is 4.24. The predicted molar refractivity (Wildman–Crippen MR) is 151 cm³/mol. The standard InChI is InChI=1S/C30H21NS3/c1-3-8-23(9-4-1)31(24-10-5-2-6-11-24)25-15-13-22(14-16-25)26-17-18-29(33-26)30-20-19-28(34-30)27-12-7-21-32-27/h1-21H. The first-order chi connectivity index (χ1) is 16.8. The van der Waals surface area contributed by atoms with Crippen LogP contribution in [0.4, 0.5) is 17.1 Å². The second-order valence-corrected chi connectivity index (χ2v) is 11.0.